The molecule has 0 aromatic rings. The number of carbonyl (C=O) groups excluding carboxylic acids is 2. The van der Waals surface area contributed by atoms with Gasteiger partial charge in [0.25, 0.3) is 0 Å². The number of carboxylic acid groups (broad SMARTS) is 2. The zero-order chi connectivity index (χ0) is 27.3. The molecule has 0 amide bonds. The van der Waals surface area contributed by atoms with Crippen LogP contribution in [0.15, 0.2) is 0 Å². The van der Waals surface area contributed by atoms with Crippen molar-refractivity contribution < 1.29 is 19.8 Å². The van der Waals surface area contributed by atoms with E-state index < -0.39 is 11.9 Å². The molecular formula is C32H62CaO4. The number of hydrogen-bond acceptors (Lipinski definition) is 4. The van der Waals surface area contributed by atoms with Crippen molar-refractivity contribution in [3.8, 4) is 0 Å². The zero-order valence-corrected chi connectivity index (χ0v) is 27.7. The Morgan fingerprint density at radius 2 is 0.595 bits per heavy atom. The maximum Gasteiger partial charge on any atom is 2.00 e. The number of unbranched alkanes of at least 4 members (excludes halogenated alkanes) is 18. The Morgan fingerprint density at radius 3 is 0.784 bits per heavy atom. The van der Waals surface area contributed by atoms with E-state index in [4.69, 9.17) is 0 Å². The summed E-state index contributed by atoms with van der Waals surface area (Å²) < 4.78 is 0. The van der Waals surface area contributed by atoms with E-state index in [1.807, 2.05) is 0 Å². The minimum Gasteiger partial charge on any atom is -0.550 e. The van der Waals surface area contributed by atoms with Crippen molar-refractivity contribution >= 4 is 49.7 Å². The summed E-state index contributed by atoms with van der Waals surface area (Å²) in [5.74, 6) is -0.107. The van der Waals surface area contributed by atoms with E-state index >= 15 is 0 Å². The second-order valence-corrected chi connectivity index (χ2v) is 11.7. The molecule has 0 N–H and O–H groups in total. The van der Waals surface area contributed by atoms with Crippen LogP contribution in [0.25, 0.3) is 0 Å². The molecule has 0 radical (unpaired) electrons. The summed E-state index contributed by atoms with van der Waals surface area (Å²) >= 11 is 0. The third kappa shape index (κ3) is 46.4. The van der Waals surface area contributed by atoms with Gasteiger partial charge in [0, 0.05) is 11.9 Å². The number of carboxylic acids is 2. The molecule has 0 saturated heterocycles. The smallest absolute Gasteiger partial charge is 0.550 e. The van der Waals surface area contributed by atoms with Gasteiger partial charge in [-0.1, -0.05) is 156 Å². The van der Waals surface area contributed by atoms with Crippen molar-refractivity contribution in [2.24, 2.45) is 11.8 Å². The summed E-state index contributed by atoms with van der Waals surface area (Å²) in [5.41, 5.74) is 0. The average Bonchev–Trinajstić information content (AvgIpc) is 2.80. The molecule has 0 spiro atoms. The van der Waals surface area contributed by atoms with E-state index in [-0.39, 0.29) is 50.6 Å². The SMILES string of the molecule is CC(C)CCCCCCCCCCCCC(=O)[O-].CC(C)CCCCCCCCCCCCC(=O)[O-].[Ca+2]. The van der Waals surface area contributed by atoms with Gasteiger partial charge in [0.05, 0.1) is 0 Å². The van der Waals surface area contributed by atoms with Crippen LogP contribution in [0.3, 0.4) is 0 Å². The minimum atomic E-state index is -0.906. The molecule has 0 atom stereocenters. The first-order valence-corrected chi connectivity index (χ1v) is 15.6. The molecular weight excluding hydrogens is 488 g/mol. The van der Waals surface area contributed by atoms with Crippen LogP contribution in [0.4, 0.5) is 0 Å². The van der Waals surface area contributed by atoms with Crippen LogP contribution < -0.4 is 10.2 Å². The Morgan fingerprint density at radius 1 is 0.405 bits per heavy atom. The second kappa shape index (κ2) is 34.2. The molecule has 0 aromatic carbocycles. The summed E-state index contributed by atoms with van der Waals surface area (Å²) in [6.07, 6.45) is 28.2. The van der Waals surface area contributed by atoms with Crippen molar-refractivity contribution in [2.45, 2.75) is 182 Å². The van der Waals surface area contributed by atoms with Gasteiger partial charge in [-0.3, -0.25) is 0 Å². The van der Waals surface area contributed by atoms with Gasteiger partial charge >= 0.3 is 37.7 Å². The van der Waals surface area contributed by atoms with Gasteiger partial charge in [0.2, 0.25) is 0 Å². The van der Waals surface area contributed by atoms with Crippen molar-refractivity contribution in [2.75, 3.05) is 0 Å². The molecule has 37 heavy (non-hydrogen) atoms. The van der Waals surface area contributed by atoms with E-state index in [0.29, 0.717) is 0 Å². The van der Waals surface area contributed by atoms with Crippen molar-refractivity contribution in [1.29, 1.82) is 0 Å². The van der Waals surface area contributed by atoms with E-state index in [1.165, 1.54) is 116 Å². The number of aliphatic carboxylic acids is 2. The maximum absolute atomic E-state index is 10.2. The monoisotopic (exact) mass is 550 g/mol. The molecule has 0 aliphatic rings. The number of hydrogen-bond donors (Lipinski definition) is 0. The van der Waals surface area contributed by atoms with Crippen molar-refractivity contribution in [3.63, 3.8) is 0 Å². The van der Waals surface area contributed by atoms with Gasteiger partial charge in [0.1, 0.15) is 0 Å². The van der Waals surface area contributed by atoms with Crippen LogP contribution in [0.5, 0.6) is 0 Å². The van der Waals surface area contributed by atoms with Gasteiger partial charge < -0.3 is 19.8 Å². The average molecular weight is 551 g/mol. The van der Waals surface area contributed by atoms with E-state index in [2.05, 4.69) is 27.7 Å². The standard InChI is InChI=1S/2C16H32O2.Ca/c2*1-15(2)13-11-9-7-5-3-4-6-8-10-12-14-16(17)18;/h2*15H,3-14H2,1-2H3,(H,17,18);/q;;+2/p-2. The van der Waals surface area contributed by atoms with Crippen LogP contribution >= 0.6 is 0 Å². The Kier molecular flexibility index (Phi) is 38.6. The fourth-order valence-electron chi connectivity index (χ4n) is 4.47. The summed E-state index contributed by atoms with van der Waals surface area (Å²) in [5, 5.41) is 20.4. The topological polar surface area (TPSA) is 80.3 Å². The van der Waals surface area contributed by atoms with Gasteiger partial charge in [-0.05, 0) is 37.5 Å². The second-order valence-electron chi connectivity index (χ2n) is 11.7. The summed E-state index contributed by atoms with van der Waals surface area (Å²) in [4.78, 5) is 20.4. The largest absolute Gasteiger partial charge is 2.00 e. The fourth-order valence-corrected chi connectivity index (χ4v) is 4.47. The normalized spacial score (nSPS) is 10.8. The molecule has 0 heterocycles. The zero-order valence-electron chi connectivity index (χ0n) is 25.5. The predicted molar refractivity (Wildman–Crippen MR) is 156 cm³/mol. The van der Waals surface area contributed by atoms with E-state index in [9.17, 15) is 19.8 Å². The van der Waals surface area contributed by atoms with Gasteiger partial charge in [-0.25, -0.2) is 0 Å². The quantitative estimate of drug-likeness (QED) is 0.0814. The maximum atomic E-state index is 10.2. The van der Waals surface area contributed by atoms with E-state index in [0.717, 1.165) is 37.5 Å². The van der Waals surface area contributed by atoms with Gasteiger partial charge in [0.15, 0.2) is 0 Å². The van der Waals surface area contributed by atoms with Gasteiger partial charge in [-0.2, -0.15) is 0 Å². The van der Waals surface area contributed by atoms with Crippen molar-refractivity contribution in [1.82, 2.24) is 0 Å². The third-order valence-electron chi connectivity index (χ3n) is 6.82. The minimum absolute atomic E-state index is 0. The summed E-state index contributed by atoms with van der Waals surface area (Å²) in [6, 6.07) is 0. The Labute approximate surface area is 261 Å². The van der Waals surface area contributed by atoms with Crippen molar-refractivity contribution in [3.05, 3.63) is 0 Å². The van der Waals surface area contributed by atoms with E-state index in [1.54, 1.807) is 0 Å². The van der Waals surface area contributed by atoms with Crippen LogP contribution in [0.2, 0.25) is 0 Å². The molecule has 0 aromatic heterocycles. The fraction of sp³-hybridized carbons (Fsp3) is 0.938. The van der Waals surface area contributed by atoms with Gasteiger partial charge in [-0.15, -0.1) is 0 Å². The first-order valence-electron chi connectivity index (χ1n) is 15.6. The third-order valence-corrected chi connectivity index (χ3v) is 6.82. The molecule has 0 aliphatic carbocycles. The molecule has 0 bridgehead atoms. The van der Waals surface area contributed by atoms with Crippen LogP contribution in [0, 0.1) is 11.8 Å². The predicted octanol–water partition coefficient (Wildman–Crippen LogP) is 7.77. The Balaban J connectivity index is -0.000000608. The molecule has 0 rings (SSSR count). The summed E-state index contributed by atoms with van der Waals surface area (Å²) in [7, 11) is 0. The molecule has 0 aliphatic heterocycles. The molecule has 0 unspecified atom stereocenters. The number of carbonyl (C=O) groups is 2. The van der Waals surface area contributed by atoms with Crippen LogP contribution in [-0.2, 0) is 9.59 Å². The Bertz CT molecular complexity index is 424. The molecule has 4 nitrogen and oxygen atoms in total. The number of rotatable bonds is 26. The van der Waals surface area contributed by atoms with Crippen LogP contribution in [0.1, 0.15) is 182 Å². The first kappa shape index (κ1) is 41.7. The Hall–Kier alpha value is 0.200. The van der Waals surface area contributed by atoms with Crippen LogP contribution in [-0.4, -0.2) is 49.7 Å². The first-order chi connectivity index (χ1) is 17.3. The molecule has 0 saturated carbocycles. The summed E-state index contributed by atoms with van der Waals surface area (Å²) in [6.45, 7) is 9.17. The molecule has 216 valence electrons. The molecule has 5 heteroatoms. The molecule has 0 fully saturated rings.